The van der Waals surface area contributed by atoms with Crippen molar-refractivity contribution < 1.29 is 23.2 Å². The molecule has 0 spiro atoms. The van der Waals surface area contributed by atoms with Crippen LogP contribution in [0.1, 0.15) is 18.4 Å². The van der Waals surface area contributed by atoms with Crippen molar-refractivity contribution in [2.75, 3.05) is 18.0 Å². The van der Waals surface area contributed by atoms with E-state index < -0.39 is 23.6 Å². The van der Waals surface area contributed by atoms with E-state index in [0.29, 0.717) is 18.7 Å². The molecule has 1 aliphatic heterocycles. The third-order valence-corrected chi connectivity index (χ3v) is 3.68. The van der Waals surface area contributed by atoms with E-state index in [1.54, 1.807) is 4.90 Å². The molecule has 0 aromatic heterocycles. The van der Waals surface area contributed by atoms with Gasteiger partial charge in [-0.05, 0) is 25.0 Å². The predicted octanol–water partition coefficient (Wildman–Crippen LogP) is 2.87. The second kappa shape index (κ2) is 5.88. The molecule has 1 atom stereocenters. The van der Waals surface area contributed by atoms with Gasteiger partial charge in [0.15, 0.2) is 0 Å². The lowest BCUT2D eigenvalue weighted by atomic mass is 9.96. The van der Waals surface area contributed by atoms with Gasteiger partial charge in [-0.2, -0.15) is 13.2 Å². The Labute approximate surface area is 119 Å². The maximum absolute atomic E-state index is 12.8. The van der Waals surface area contributed by atoms with Crippen LogP contribution < -0.4 is 4.90 Å². The number of anilines is 1. The average molecular weight is 304 g/mol. The van der Waals surface area contributed by atoms with Crippen LogP contribution in [0.4, 0.5) is 24.5 Å². The summed E-state index contributed by atoms with van der Waals surface area (Å²) in [6.07, 6.45) is -3.73. The van der Waals surface area contributed by atoms with Gasteiger partial charge in [-0.15, -0.1) is 0 Å². The maximum atomic E-state index is 12.8. The molecule has 0 bridgehead atoms. The van der Waals surface area contributed by atoms with E-state index in [1.807, 2.05) is 0 Å². The Hall–Kier alpha value is -1.83. The molecule has 5 nitrogen and oxygen atoms in total. The van der Waals surface area contributed by atoms with Crippen molar-refractivity contribution in [3.63, 3.8) is 0 Å². The smallest absolute Gasteiger partial charge is 0.391 e. The summed E-state index contributed by atoms with van der Waals surface area (Å²) in [4.78, 5) is 11.7. The first-order valence-electron chi connectivity index (χ1n) is 6.52. The van der Waals surface area contributed by atoms with E-state index >= 15 is 0 Å². The van der Waals surface area contributed by atoms with Crippen molar-refractivity contribution in [3.8, 4) is 0 Å². The number of nitrogens with zero attached hydrogens (tertiary/aromatic N) is 2. The zero-order valence-electron chi connectivity index (χ0n) is 11.1. The molecule has 1 aromatic carbocycles. The molecule has 21 heavy (non-hydrogen) atoms. The lowest BCUT2D eigenvalue weighted by molar-refractivity contribution is -0.385. The number of benzene rings is 1. The van der Waals surface area contributed by atoms with Crippen LogP contribution in [0.2, 0.25) is 0 Å². The van der Waals surface area contributed by atoms with Crippen molar-refractivity contribution >= 4 is 11.4 Å². The zero-order chi connectivity index (χ0) is 15.6. The summed E-state index contributed by atoms with van der Waals surface area (Å²) in [5, 5.41) is 20.0. The zero-order valence-corrected chi connectivity index (χ0v) is 11.1. The van der Waals surface area contributed by atoms with Gasteiger partial charge in [0, 0.05) is 24.8 Å². The summed E-state index contributed by atoms with van der Waals surface area (Å²) in [6.45, 7) is -0.220. The van der Waals surface area contributed by atoms with Gasteiger partial charge in [0.2, 0.25) is 0 Å². The summed E-state index contributed by atoms with van der Waals surface area (Å²) in [7, 11) is 0. The Kier molecular flexibility index (Phi) is 4.36. The Bertz CT molecular complexity index is 534. The van der Waals surface area contributed by atoms with Gasteiger partial charge < -0.3 is 10.0 Å². The molecule has 1 N–H and O–H groups in total. The fourth-order valence-corrected chi connectivity index (χ4v) is 2.55. The van der Waals surface area contributed by atoms with Crippen molar-refractivity contribution in [1.82, 2.24) is 0 Å². The van der Waals surface area contributed by atoms with E-state index in [0.717, 1.165) is 0 Å². The van der Waals surface area contributed by atoms with E-state index in [4.69, 9.17) is 5.11 Å². The minimum absolute atomic E-state index is 0.0971. The van der Waals surface area contributed by atoms with Crippen LogP contribution in [-0.2, 0) is 6.61 Å². The molecule has 0 radical (unpaired) electrons. The summed E-state index contributed by atoms with van der Waals surface area (Å²) < 4.78 is 38.4. The highest BCUT2D eigenvalue weighted by Gasteiger charge is 2.41. The highest BCUT2D eigenvalue weighted by atomic mass is 19.4. The van der Waals surface area contributed by atoms with Gasteiger partial charge in [-0.3, -0.25) is 10.1 Å². The fraction of sp³-hybridized carbons (Fsp3) is 0.538. The number of nitro benzene ring substituents is 1. The minimum atomic E-state index is -4.24. The van der Waals surface area contributed by atoms with E-state index in [-0.39, 0.29) is 24.2 Å². The Morgan fingerprint density at radius 3 is 2.71 bits per heavy atom. The SMILES string of the molecule is O=[N+]([O-])c1ccc(N2CCCC(C(F)(F)F)C2)cc1CO. The lowest BCUT2D eigenvalue weighted by Crippen LogP contribution is -2.41. The third-order valence-electron chi connectivity index (χ3n) is 3.68. The number of rotatable bonds is 3. The number of aliphatic hydroxyl groups excluding tert-OH is 1. The number of piperidine rings is 1. The second-order valence-corrected chi connectivity index (χ2v) is 5.06. The van der Waals surface area contributed by atoms with E-state index in [9.17, 15) is 23.3 Å². The summed E-state index contributed by atoms with van der Waals surface area (Å²) in [5.41, 5.74) is 0.343. The maximum Gasteiger partial charge on any atom is 0.393 e. The van der Waals surface area contributed by atoms with Gasteiger partial charge >= 0.3 is 6.18 Å². The molecule has 1 unspecified atom stereocenters. The molecular formula is C13H15F3N2O3. The Balaban J connectivity index is 2.23. The van der Waals surface area contributed by atoms with Crippen molar-refractivity contribution in [2.45, 2.75) is 25.6 Å². The van der Waals surface area contributed by atoms with Crippen LogP contribution in [0.3, 0.4) is 0 Å². The summed E-state index contributed by atoms with van der Waals surface area (Å²) in [5.74, 6) is -1.39. The van der Waals surface area contributed by atoms with Gasteiger partial charge in [0.1, 0.15) is 0 Å². The Morgan fingerprint density at radius 1 is 1.43 bits per heavy atom. The number of alkyl halides is 3. The second-order valence-electron chi connectivity index (χ2n) is 5.06. The number of halogens is 3. The number of hydrogen-bond donors (Lipinski definition) is 1. The first-order valence-corrected chi connectivity index (χ1v) is 6.52. The van der Waals surface area contributed by atoms with Gasteiger partial charge in [0.05, 0.1) is 23.0 Å². The van der Waals surface area contributed by atoms with Crippen LogP contribution in [0, 0.1) is 16.0 Å². The van der Waals surface area contributed by atoms with Crippen LogP contribution in [0.15, 0.2) is 18.2 Å². The van der Waals surface area contributed by atoms with Crippen LogP contribution in [0.5, 0.6) is 0 Å². The molecule has 1 fully saturated rings. The van der Waals surface area contributed by atoms with Crippen molar-refractivity contribution in [1.29, 1.82) is 0 Å². The number of aliphatic hydroxyl groups is 1. The number of nitro groups is 1. The highest BCUT2D eigenvalue weighted by molar-refractivity contribution is 5.55. The van der Waals surface area contributed by atoms with Crippen LogP contribution in [0.25, 0.3) is 0 Å². The van der Waals surface area contributed by atoms with E-state index in [2.05, 4.69) is 0 Å². The fourth-order valence-electron chi connectivity index (χ4n) is 2.55. The highest BCUT2D eigenvalue weighted by Crippen LogP contribution is 2.35. The molecular weight excluding hydrogens is 289 g/mol. The lowest BCUT2D eigenvalue weighted by Gasteiger charge is -2.35. The molecule has 116 valence electrons. The van der Waals surface area contributed by atoms with Crippen LogP contribution in [-0.4, -0.2) is 29.3 Å². The quantitative estimate of drug-likeness (QED) is 0.689. The van der Waals surface area contributed by atoms with Gasteiger partial charge in [0.25, 0.3) is 5.69 Å². The summed E-state index contributed by atoms with van der Waals surface area (Å²) >= 11 is 0. The molecule has 1 saturated heterocycles. The standard InChI is InChI=1S/C13H15F3N2O3/c14-13(15,16)10-2-1-5-17(7-10)11-3-4-12(18(20)21)9(6-11)8-19/h3-4,6,10,19H,1-2,5,7-8H2. The van der Waals surface area contributed by atoms with Crippen LogP contribution >= 0.6 is 0 Å². The topological polar surface area (TPSA) is 66.6 Å². The van der Waals surface area contributed by atoms with E-state index in [1.165, 1.54) is 18.2 Å². The predicted molar refractivity (Wildman–Crippen MR) is 70.0 cm³/mol. The molecule has 8 heteroatoms. The molecule has 1 aliphatic rings. The molecule has 1 heterocycles. The first-order chi connectivity index (χ1) is 9.82. The molecule has 0 aliphatic carbocycles. The van der Waals surface area contributed by atoms with Gasteiger partial charge in [-0.1, -0.05) is 0 Å². The first kappa shape index (κ1) is 15.6. The average Bonchev–Trinajstić information content (AvgIpc) is 2.45. The van der Waals surface area contributed by atoms with Crippen molar-refractivity contribution in [2.24, 2.45) is 5.92 Å². The van der Waals surface area contributed by atoms with Crippen molar-refractivity contribution in [3.05, 3.63) is 33.9 Å². The largest absolute Gasteiger partial charge is 0.393 e. The third kappa shape index (κ3) is 3.44. The minimum Gasteiger partial charge on any atom is -0.391 e. The van der Waals surface area contributed by atoms with Gasteiger partial charge in [-0.25, -0.2) is 0 Å². The molecule has 0 saturated carbocycles. The summed E-state index contributed by atoms with van der Waals surface area (Å²) in [6, 6.07) is 4.03. The Morgan fingerprint density at radius 2 is 2.14 bits per heavy atom. The number of hydrogen-bond acceptors (Lipinski definition) is 4. The normalized spacial score (nSPS) is 19.6. The molecule has 2 rings (SSSR count). The monoisotopic (exact) mass is 304 g/mol. The molecule has 1 aromatic rings. The molecule has 0 amide bonds.